The number of rotatable bonds is 7. The Bertz CT molecular complexity index is 390. The zero-order chi connectivity index (χ0) is 12.7. The van der Waals surface area contributed by atoms with Crippen LogP contribution in [0.3, 0.4) is 0 Å². The number of hydrogen-bond donors (Lipinski definition) is 0. The van der Waals surface area contributed by atoms with Gasteiger partial charge in [-0.3, -0.25) is 0 Å². The van der Waals surface area contributed by atoms with Gasteiger partial charge in [0.1, 0.15) is 5.75 Å². The van der Waals surface area contributed by atoms with E-state index in [4.69, 9.17) is 9.05 Å². The molecule has 0 fully saturated rings. The maximum atomic E-state index is 12.4. The summed E-state index contributed by atoms with van der Waals surface area (Å²) in [6.45, 7) is 6.28. The topological polar surface area (TPSA) is 35.5 Å². The van der Waals surface area contributed by atoms with Crippen molar-refractivity contribution >= 4 is 7.60 Å². The first kappa shape index (κ1) is 14.3. The van der Waals surface area contributed by atoms with Gasteiger partial charge in [-0.05, 0) is 38.0 Å². The van der Waals surface area contributed by atoms with Crippen LogP contribution in [0, 0.1) is 6.92 Å². The van der Waals surface area contributed by atoms with Crippen molar-refractivity contribution in [2.45, 2.75) is 33.6 Å². The van der Waals surface area contributed by atoms with E-state index in [-0.39, 0.29) is 0 Å². The van der Waals surface area contributed by atoms with Crippen LogP contribution in [0.1, 0.15) is 32.3 Å². The smallest absolute Gasteiger partial charge is 0.379 e. The molecule has 0 bridgehead atoms. The predicted molar refractivity (Wildman–Crippen MR) is 70.8 cm³/mol. The lowest BCUT2D eigenvalue weighted by Gasteiger charge is -2.18. The summed E-state index contributed by atoms with van der Waals surface area (Å²) in [5.74, 6) is 0.623. The van der Waals surface area contributed by atoms with Crippen molar-refractivity contribution in [3.8, 4) is 5.75 Å². The van der Waals surface area contributed by atoms with Crippen molar-refractivity contribution in [1.29, 1.82) is 0 Å². The molecule has 0 N–H and O–H groups in total. The predicted octanol–water partition coefficient (Wildman–Crippen LogP) is 4.40. The molecule has 17 heavy (non-hydrogen) atoms. The van der Waals surface area contributed by atoms with Crippen molar-refractivity contribution in [2.75, 3.05) is 12.8 Å². The lowest BCUT2D eigenvalue weighted by Crippen LogP contribution is -2.02. The summed E-state index contributed by atoms with van der Waals surface area (Å²) in [4.78, 5) is 0. The zero-order valence-corrected chi connectivity index (χ0v) is 11.7. The molecule has 0 saturated carbocycles. The lowest BCUT2D eigenvalue weighted by atomic mass is 10.2. The van der Waals surface area contributed by atoms with Crippen molar-refractivity contribution in [3.05, 3.63) is 29.8 Å². The van der Waals surface area contributed by atoms with E-state index in [1.54, 1.807) is 0 Å². The zero-order valence-electron chi connectivity index (χ0n) is 10.8. The molecule has 1 unspecified atom stereocenters. The SMILES string of the molecule is CCCCP(=O)(OCC)Oc1cccc(C)c1. The molecule has 4 heteroatoms. The molecule has 0 saturated heterocycles. The van der Waals surface area contributed by atoms with Crippen LogP contribution >= 0.6 is 7.60 Å². The molecule has 1 aromatic rings. The lowest BCUT2D eigenvalue weighted by molar-refractivity contribution is 0.278. The minimum Gasteiger partial charge on any atom is -0.424 e. The van der Waals surface area contributed by atoms with E-state index in [9.17, 15) is 4.57 Å². The quantitative estimate of drug-likeness (QED) is 0.678. The first-order valence-corrected chi connectivity index (χ1v) is 7.82. The molecule has 0 aliphatic rings. The van der Waals surface area contributed by atoms with Crippen LogP contribution in [-0.2, 0) is 9.09 Å². The first-order chi connectivity index (χ1) is 8.09. The highest BCUT2D eigenvalue weighted by molar-refractivity contribution is 7.54. The summed E-state index contributed by atoms with van der Waals surface area (Å²) in [5, 5.41) is 0. The van der Waals surface area contributed by atoms with E-state index in [1.807, 2.05) is 38.1 Å². The normalized spacial score (nSPS) is 14.3. The molecule has 96 valence electrons. The van der Waals surface area contributed by atoms with Gasteiger partial charge >= 0.3 is 7.60 Å². The number of unbranched alkanes of at least 4 members (excludes halogenated alkanes) is 1. The van der Waals surface area contributed by atoms with Gasteiger partial charge in [0.05, 0.1) is 12.8 Å². The molecule has 0 aliphatic carbocycles. The van der Waals surface area contributed by atoms with Gasteiger partial charge in [-0.1, -0.05) is 25.5 Å². The third-order valence-corrected chi connectivity index (χ3v) is 4.35. The third kappa shape index (κ3) is 4.93. The molecule has 0 heterocycles. The van der Waals surface area contributed by atoms with Crippen LogP contribution in [-0.4, -0.2) is 12.8 Å². The van der Waals surface area contributed by atoms with E-state index in [1.165, 1.54) is 0 Å². The van der Waals surface area contributed by atoms with Crippen LogP contribution in [0.5, 0.6) is 5.75 Å². The van der Waals surface area contributed by atoms with Gasteiger partial charge in [-0.25, -0.2) is 4.57 Å². The Labute approximate surface area is 104 Å². The Morgan fingerprint density at radius 1 is 1.29 bits per heavy atom. The number of benzene rings is 1. The number of aryl methyl sites for hydroxylation is 1. The van der Waals surface area contributed by atoms with Crippen molar-refractivity contribution in [3.63, 3.8) is 0 Å². The molecule has 1 atom stereocenters. The summed E-state index contributed by atoms with van der Waals surface area (Å²) in [6.07, 6.45) is 2.31. The Morgan fingerprint density at radius 3 is 2.65 bits per heavy atom. The van der Waals surface area contributed by atoms with Gasteiger partial charge in [0.2, 0.25) is 0 Å². The maximum absolute atomic E-state index is 12.4. The second kappa shape index (κ2) is 6.83. The second-order valence-electron chi connectivity index (χ2n) is 4.01. The van der Waals surface area contributed by atoms with E-state index < -0.39 is 7.60 Å². The first-order valence-electron chi connectivity index (χ1n) is 6.09. The van der Waals surface area contributed by atoms with Crippen LogP contribution in [0.4, 0.5) is 0 Å². The standard InChI is InChI=1S/C13H21O3P/c1-4-6-10-17(14,15-5-2)16-13-9-7-8-12(3)11-13/h7-9,11H,4-6,10H2,1-3H3. The average Bonchev–Trinajstić information content (AvgIpc) is 2.27. The molecule has 0 spiro atoms. The minimum atomic E-state index is -2.98. The van der Waals surface area contributed by atoms with Crippen LogP contribution < -0.4 is 4.52 Å². The molecule has 1 aromatic carbocycles. The molecule has 1 rings (SSSR count). The fraction of sp³-hybridized carbons (Fsp3) is 0.538. The molecular formula is C13H21O3P. The van der Waals surface area contributed by atoms with E-state index >= 15 is 0 Å². The molecule has 0 aliphatic heterocycles. The third-order valence-electron chi connectivity index (χ3n) is 2.35. The largest absolute Gasteiger partial charge is 0.424 e. The highest BCUT2D eigenvalue weighted by Crippen LogP contribution is 2.48. The molecular weight excluding hydrogens is 235 g/mol. The summed E-state index contributed by atoms with van der Waals surface area (Å²) in [7, 11) is -2.98. The summed E-state index contributed by atoms with van der Waals surface area (Å²) < 4.78 is 23.3. The summed E-state index contributed by atoms with van der Waals surface area (Å²) in [5.41, 5.74) is 1.08. The van der Waals surface area contributed by atoms with Gasteiger partial charge in [0.15, 0.2) is 0 Å². The summed E-state index contributed by atoms with van der Waals surface area (Å²) in [6, 6.07) is 7.55. The fourth-order valence-corrected chi connectivity index (χ4v) is 3.32. The Balaban J connectivity index is 2.75. The van der Waals surface area contributed by atoms with E-state index in [0.717, 1.165) is 18.4 Å². The van der Waals surface area contributed by atoms with Gasteiger partial charge in [0.25, 0.3) is 0 Å². The minimum absolute atomic E-state index is 0.410. The van der Waals surface area contributed by atoms with Crippen molar-refractivity contribution in [1.82, 2.24) is 0 Å². The summed E-state index contributed by atoms with van der Waals surface area (Å²) >= 11 is 0. The van der Waals surface area contributed by atoms with Gasteiger partial charge < -0.3 is 9.05 Å². The monoisotopic (exact) mass is 256 g/mol. The van der Waals surface area contributed by atoms with Gasteiger partial charge in [-0.15, -0.1) is 0 Å². The van der Waals surface area contributed by atoms with Gasteiger partial charge in [-0.2, -0.15) is 0 Å². The van der Waals surface area contributed by atoms with Gasteiger partial charge in [0, 0.05) is 0 Å². The van der Waals surface area contributed by atoms with E-state index in [0.29, 0.717) is 18.5 Å². The second-order valence-corrected chi connectivity index (χ2v) is 6.12. The highest BCUT2D eigenvalue weighted by Gasteiger charge is 2.24. The highest BCUT2D eigenvalue weighted by atomic mass is 31.2. The number of hydrogen-bond acceptors (Lipinski definition) is 3. The fourth-order valence-electron chi connectivity index (χ4n) is 1.52. The molecule has 0 radical (unpaired) electrons. The Kier molecular flexibility index (Phi) is 5.73. The molecule has 0 amide bonds. The van der Waals surface area contributed by atoms with Crippen LogP contribution in [0.2, 0.25) is 0 Å². The maximum Gasteiger partial charge on any atom is 0.379 e. The van der Waals surface area contributed by atoms with Crippen LogP contribution in [0.15, 0.2) is 24.3 Å². The van der Waals surface area contributed by atoms with Crippen molar-refractivity contribution < 1.29 is 13.6 Å². The Morgan fingerprint density at radius 2 is 2.06 bits per heavy atom. The van der Waals surface area contributed by atoms with Crippen LogP contribution in [0.25, 0.3) is 0 Å². The average molecular weight is 256 g/mol. The van der Waals surface area contributed by atoms with E-state index in [2.05, 4.69) is 6.92 Å². The van der Waals surface area contributed by atoms with Crippen molar-refractivity contribution in [2.24, 2.45) is 0 Å². The molecule has 0 aromatic heterocycles. The Hall–Kier alpha value is -0.790. The molecule has 3 nitrogen and oxygen atoms in total.